The van der Waals surface area contributed by atoms with Gasteiger partial charge in [-0.05, 0) is 24.8 Å². The first-order chi connectivity index (χ1) is 6.70. The van der Waals surface area contributed by atoms with Crippen LogP contribution in [-0.4, -0.2) is 16.3 Å². The zero-order valence-electron chi connectivity index (χ0n) is 7.93. The average molecular weight is 193 g/mol. The number of aromatic hydroxyl groups is 1. The molecule has 2 unspecified atom stereocenters. The van der Waals surface area contributed by atoms with Crippen LogP contribution >= 0.6 is 0 Å². The highest BCUT2D eigenvalue weighted by Crippen LogP contribution is 2.38. The van der Waals surface area contributed by atoms with Gasteiger partial charge in [0.2, 0.25) is 0 Å². The van der Waals surface area contributed by atoms with Gasteiger partial charge in [-0.15, -0.1) is 0 Å². The highest BCUT2D eigenvalue weighted by atomic mass is 16.3. The molecule has 0 aromatic heterocycles. The normalized spacial score (nSPS) is 20.4. The van der Waals surface area contributed by atoms with Crippen molar-refractivity contribution in [3.05, 3.63) is 29.8 Å². The van der Waals surface area contributed by atoms with Crippen LogP contribution in [0.2, 0.25) is 0 Å². The van der Waals surface area contributed by atoms with Crippen LogP contribution in [0, 0.1) is 5.92 Å². The van der Waals surface area contributed by atoms with Gasteiger partial charge in [-0.1, -0.05) is 18.2 Å². The van der Waals surface area contributed by atoms with E-state index in [-0.39, 0.29) is 5.75 Å². The van der Waals surface area contributed by atoms with E-state index in [1.807, 2.05) is 6.07 Å². The monoisotopic (exact) mass is 193 g/mol. The van der Waals surface area contributed by atoms with Crippen LogP contribution < -0.4 is 5.73 Å². The summed E-state index contributed by atoms with van der Waals surface area (Å²) in [6.45, 7) is 0. The lowest BCUT2D eigenvalue weighted by atomic mass is 9.98. The molecule has 0 radical (unpaired) electrons. The van der Waals surface area contributed by atoms with Crippen LogP contribution in [0.1, 0.15) is 24.4 Å². The smallest absolute Gasteiger partial charge is 0.120 e. The molecule has 0 amide bonds. The summed E-state index contributed by atoms with van der Waals surface area (Å²) in [6.07, 6.45) is 1.56. The standard InChI is InChI=1S/C11H15NO2/c12-10(11(14)7-5-6-7)8-3-1-2-4-9(8)13/h1-4,7,10-11,13-14H,5-6,12H2. The molecule has 0 aliphatic heterocycles. The van der Waals surface area contributed by atoms with E-state index in [1.54, 1.807) is 18.2 Å². The first kappa shape index (κ1) is 9.49. The molecule has 0 spiro atoms. The van der Waals surface area contributed by atoms with Crippen LogP contribution in [0.5, 0.6) is 5.75 Å². The van der Waals surface area contributed by atoms with E-state index in [2.05, 4.69) is 0 Å². The van der Waals surface area contributed by atoms with Gasteiger partial charge in [0, 0.05) is 5.56 Å². The van der Waals surface area contributed by atoms with Gasteiger partial charge in [-0.25, -0.2) is 0 Å². The van der Waals surface area contributed by atoms with Gasteiger partial charge < -0.3 is 15.9 Å². The molecule has 2 rings (SSSR count). The van der Waals surface area contributed by atoms with Crippen molar-refractivity contribution in [1.82, 2.24) is 0 Å². The molecule has 2 atom stereocenters. The molecule has 1 saturated carbocycles. The molecule has 76 valence electrons. The van der Waals surface area contributed by atoms with Gasteiger partial charge in [0.25, 0.3) is 0 Å². The Morgan fingerprint density at radius 3 is 2.50 bits per heavy atom. The number of phenols is 1. The molecule has 1 aliphatic rings. The van der Waals surface area contributed by atoms with Crippen molar-refractivity contribution < 1.29 is 10.2 Å². The first-order valence-electron chi connectivity index (χ1n) is 4.91. The molecule has 1 fully saturated rings. The van der Waals surface area contributed by atoms with Crippen molar-refractivity contribution in [3.63, 3.8) is 0 Å². The van der Waals surface area contributed by atoms with Crippen LogP contribution in [-0.2, 0) is 0 Å². The highest BCUT2D eigenvalue weighted by molar-refractivity contribution is 5.35. The molecule has 0 heterocycles. The molecule has 0 bridgehead atoms. The Hall–Kier alpha value is -1.06. The summed E-state index contributed by atoms with van der Waals surface area (Å²) in [5, 5.41) is 19.3. The lowest BCUT2D eigenvalue weighted by Crippen LogP contribution is -2.27. The van der Waals surface area contributed by atoms with Crippen molar-refractivity contribution in [2.24, 2.45) is 11.7 Å². The van der Waals surface area contributed by atoms with E-state index >= 15 is 0 Å². The number of nitrogens with two attached hydrogens (primary N) is 1. The van der Waals surface area contributed by atoms with Crippen LogP contribution in [0.3, 0.4) is 0 Å². The molecule has 14 heavy (non-hydrogen) atoms. The van der Waals surface area contributed by atoms with Gasteiger partial charge in [0.15, 0.2) is 0 Å². The minimum atomic E-state index is -0.525. The maximum absolute atomic E-state index is 9.80. The summed E-state index contributed by atoms with van der Waals surface area (Å²) in [5.41, 5.74) is 6.50. The van der Waals surface area contributed by atoms with E-state index in [1.165, 1.54) is 0 Å². The minimum absolute atomic E-state index is 0.166. The van der Waals surface area contributed by atoms with Crippen LogP contribution in [0.15, 0.2) is 24.3 Å². The summed E-state index contributed by atoms with van der Waals surface area (Å²) >= 11 is 0. The second-order valence-corrected chi connectivity index (χ2v) is 3.91. The number of aliphatic hydroxyl groups is 1. The third kappa shape index (κ3) is 1.74. The summed E-state index contributed by atoms with van der Waals surface area (Å²) in [6, 6.07) is 6.44. The number of rotatable bonds is 3. The first-order valence-corrected chi connectivity index (χ1v) is 4.91. The number of aliphatic hydroxyl groups excluding tert-OH is 1. The Kier molecular flexibility index (Phi) is 2.44. The number of phenolic OH excluding ortho intramolecular Hbond substituents is 1. The van der Waals surface area contributed by atoms with Crippen LogP contribution in [0.4, 0.5) is 0 Å². The largest absolute Gasteiger partial charge is 0.508 e. The topological polar surface area (TPSA) is 66.5 Å². The fourth-order valence-corrected chi connectivity index (χ4v) is 1.68. The predicted molar refractivity (Wildman–Crippen MR) is 53.8 cm³/mol. The lowest BCUT2D eigenvalue weighted by Gasteiger charge is -2.19. The van der Waals surface area contributed by atoms with Crippen molar-refractivity contribution in [3.8, 4) is 5.75 Å². The van der Waals surface area contributed by atoms with Gasteiger partial charge >= 0.3 is 0 Å². The van der Waals surface area contributed by atoms with Crippen LogP contribution in [0.25, 0.3) is 0 Å². The molecule has 3 heteroatoms. The maximum Gasteiger partial charge on any atom is 0.120 e. The Morgan fingerprint density at radius 1 is 1.29 bits per heavy atom. The van der Waals surface area contributed by atoms with Crippen molar-refractivity contribution in [2.75, 3.05) is 0 Å². The summed E-state index contributed by atoms with van der Waals surface area (Å²) in [4.78, 5) is 0. The Balaban J connectivity index is 2.17. The summed E-state index contributed by atoms with van der Waals surface area (Å²) in [7, 11) is 0. The van der Waals surface area contributed by atoms with E-state index in [4.69, 9.17) is 5.73 Å². The van der Waals surface area contributed by atoms with E-state index < -0.39 is 12.1 Å². The van der Waals surface area contributed by atoms with E-state index in [0.717, 1.165) is 12.8 Å². The quantitative estimate of drug-likeness (QED) is 0.675. The molecular weight excluding hydrogens is 178 g/mol. The van der Waals surface area contributed by atoms with Gasteiger partial charge in [-0.2, -0.15) is 0 Å². The van der Waals surface area contributed by atoms with Crippen molar-refractivity contribution >= 4 is 0 Å². The zero-order valence-corrected chi connectivity index (χ0v) is 7.93. The third-order valence-corrected chi connectivity index (χ3v) is 2.77. The second kappa shape index (κ2) is 3.59. The SMILES string of the molecule is NC(c1ccccc1O)C(O)C1CC1. The Bertz CT molecular complexity index is 323. The Morgan fingerprint density at radius 2 is 1.93 bits per heavy atom. The Labute approximate surface area is 83.2 Å². The number of hydrogen-bond acceptors (Lipinski definition) is 3. The number of hydrogen-bond donors (Lipinski definition) is 3. The fourth-order valence-electron chi connectivity index (χ4n) is 1.68. The van der Waals surface area contributed by atoms with E-state index in [0.29, 0.717) is 11.5 Å². The van der Waals surface area contributed by atoms with Gasteiger partial charge in [0.05, 0.1) is 12.1 Å². The molecule has 3 nitrogen and oxygen atoms in total. The minimum Gasteiger partial charge on any atom is -0.508 e. The molecular formula is C11H15NO2. The van der Waals surface area contributed by atoms with E-state index in [9.17, 15) is 10.2 Å². The molecule has 1 aliphatic carbocycles. The van der Waals surface area contributed by atoms with Crippen molar-refractivity contribution in [2.45, 2.75) is 25.0 Å². The third-order valence-electron chi connectivity index (χ3n) is 2.77. The summed E-state index contributed by atoms with van der Waals surface area (Å²) < 4.78 is 0. The molecule has 0 saturated heterocycles. The molecule has 1 aromatic carbocycles. The number of para-hydroxylation sites is 1. The van der Waals surface area contributed by atoms with Crippen molar-refractivity contribution in [1.29, 1.82) is 0 Å². The summed E-state index contributed by atoms with van der Waals surface area (Å²) in [5.74, 6) is 0.490. The lowest BCUT2D eigenvalue weighted by molar-refractivity contribution is 0.121. The van der Waals surface area contributed by atoms with Gasteiger partial charge in [0.1, 0.15) is 5.75 Å². The highest BCUT2D eigenvalue weighted by Gasteiger charge is 2.34. The maximum atomic E-state index is 9.80. The fraction of sp³-hybridized carbons (Fsp3) is 0.455. The predicted octanol–water partition coefficient (Wildman–Crippen LogP) is 1.16. The van der Waals surface area contributed by atoms with Gasteiger partial charge in [-0.3, -0.25) is 0 Å². The zero-order chi connectivity index (χ0) is 10.1. The molecule has 4 N–H and O–H groups in total. The average Bonchev–Trinajstić information content (AvgIpc) is 3.00. The molecule has 1 aromatic rings. The second-order valence-electron chi connectivity index (χ2n) is 3.91. The number of benzene rings is 1.